The maximum atomic E-state index is 5.57. The van der Waals surface area contributed by atoms with E-state index in [1.165, 1.54) is 24.0 Å². The van der Waals surface area contributed by atoms with Crippen LogP contribution in [0.1, 0.15) is 37.8 Å². The fourth-order valence-electron chi connectivity index (χ4n) is 2.46. The summed E-state index contributed by atoms with van der Waals surface area (Å²) in [5.41, 5.74) is 3.01. The molecule has 1 fully saturated rings. The molecule has 0 bridgehead atoms. The van der Waals surface area contributed by atoms with Crippen molar-refractivity contribution in [3.63, 3.8) is 0 Å². The molecule has 0 aliphatic carbocycles. The van der Waals surface area contributed by atoms with Crippen molar-refractivity contribution in [3.8, 4) is 0 Å². The normalized spacial score (nSPS) is 24.8. The molecule has 1 aliphatic heterocycles. The summed E-state index contributed by atoms with van der Waals surface area (Å²) >= 11 is 0. The molecule has 1 heterocycles. The summed E-state index contributed by atoms with van der Waals surface area (Å²) in [4.78, 5) is 0. The van der Waals surface area contributed by atoms with Crippen LogP contribution in [0.5, 0.6) is 0 Å². The molecule has 2 heteroatoms. The first-order chi connectivity index (χ1) is 8.23. The van der Waals surface area contributed by atoms with Crippen molar-refractivity contribution in [2.45, 2.75) is 45.2 Å². The van der Waals surface area contributed by atoms with Crippen LogP contribution in [-0.4, -0.2) is 18.8 Å². The molecule has 0 aromatic heterocycles. The topological polar surface area (TPSA) is 21.3 Å². The highest BCUT2D eigenvalue weighted by atomic mass is 16.5. The Morgan fingerprint density at radius 3 is 2.71 bits per heavy atom. The van der Waals surface area contributed by atoms with Crippen molar-refractivity contribution in [1.29, 1.82) is 0 Å². The molecule has 1 saturated heterocycles. The van der Waals surface area contributed by atoms with E-state index in [-0.39, 0.29) is 5.54 Å². The zero-order valence-corrected chi connectivity index (χ0v) is 11.0. The van der Waals surface area contributed by atoms with Gasteiger partial charge in [0.2, 0.25) is 0 Å². The molecule has 2 rings (SSSR count). The second-order valence-electron chi connectivity index (χ2n) is 5.19. The standard InChI is InChI=1S/C15H23NO/c1-3-13-7-4-5-8-14(13)11-16-15(2)9-6-10-17-12-15/h4-5,7-8,16H,3,6,9-12H2,1-2H3. The van der Waals surface area contributed by atoms with Crippen molar-refractivity contribution in [2.24, 2.45) is 0 Å². The summed E-state index contributed by atoms with van der Waals surface area (Å²) < 4.78 is 5.57. The predicted octanol–water partition coefficient (Wildman–Crippen LogP) is 2.91. The van der Waals surface area contributed by atoms with Gasteiger partial charge in [0.25, 0.3) is 0 Å². The molecule has 0 spiro atoms. The van der Waals surface area contributed by atoms with Crippen LogP contribution in [0.2, 0.25) is 0 Å². The highest BCUT2D eigenvalue weighted by Crippen LogP contribution is 2.19. The molecule has 1 atom stereocenters. The first-order valence-electron chi connectivity index (χ1n) is 6.63. The van der Waals surface area contributed by atoms with E-state index in [4.69, 9.17) is 4.74 Å². The Kier molecular flexibility index (Phi) is 4.19. The van der Waals surface area contributed by atoms with Gasteiger partial charge in [-0.25, -0.2) is 0 Å². The van der Waals surface area contributed by atoms with Gasteiger partial charge in [-0.2, -0.15) is 0 Å². The number of hydrogen-bond acceptors (Lipinski definition) is 2. The SMILES string of the molecule is CCc1ccccc1CNC1(C)CCCOC1. The minimum absolute atomic E-state index is 0.152. The molecule has 1 aromatic rings. The molecule has 1 N–H and O–H groups in total. The molecule has 1 aromatic carbocycles. The molecule has 94 valence electrons. The summed E-state index contributed by atoms with van der Waals surface area (Å²) in [7, 11) is 0. The van der Waals surface area contributed by atoms with E-state index in [1.54, 1.807) is 0 Å². The molecular formula is C15H23NO. The number of hydrogen-bond donors (Lipinski definition) is 1. The van der Waals surface area contributed by atoms with Gasteiger partial charge in [-0.15, -0.1) is 0 Å². The van der Waals surface area contributed by atoms with Crippen LogP contribution < -0.4 is 5.32 Å². The molecule has 0 amide bonds. The van der Waals surface area contributed by atoms with Gasteiger partial charge in [0, 0.05) is 18.7 Å². The van der Waals surface area contributed by atoms with E-state index in [2.05, 4.69) is 43.4 Å². The van der Waals surface area contributed by atoms with Gasteiger partial charge in [-0.05, 0) is 37.3 Å². The Morgan fingerprint density at radius 2 is 2.06 bits per heavy atom. The summed E-state index contributed by atoms with van der Waals surface area (Å²) in [6.07, 6.45) is 3.48. The van der Waals surface area contributed by atoms with Crippen molar-refractivity contribution in [2.75, 3.05) is 13.2 Å². The van der Waals surface area contributed by atoms with Crippen LogP contribution in [0, 0.1) is 0 Å². The van der Waals surface area contributed by atoms with Crippen LogP contribution in [-0.2, 0) is 17.7 Å². The number of benzene rings is 1. The second kappa shape index (κ2) is 5.65. The monoisotopic (exact) mass is 233 g/mol. The van der Waals surface area contributed by atoms with Gasteiger partial charge in [-0.1, -0.05) is 31.2 Å². The number of rotatable bonds is 4. The molecule has 2 nitrogen and oxygen atoms in total. The van der Waals surface area contributed by atoms with Crippen molar-refractivity contribution in [3.05, 3.63) is 35.4 Å². The zero-order valence-electron chi connectivity index (χ0n) is 11.0. The van der Waals surface area contributed by atoms with E-state index in [1.807, 2.05) is 0 Å². The lowest BCUT2D eigenvalue weighted by molar-refractivity contribution is 0.0277. The smallest absolute Gasteiger partial charge is 0.0645 e. The number of aryl methyl sites for hydroxylation is 1. The van der Waals surface area contributed by atoms with Crippen LogP contribution in [0.3, 0.4) is 0 Å². The molecule has 1 aliphatic rings. The molecule has 1 unspecified atom stereocenters. The first kappa shape index (κ1) is 12.6. The van der Waals surface area contributed by atoms with Gasteiger partial charge in [0.05, 0.1) is 6.61 Å². The zero-order chi connectivity index (χ0) is 12.1. The third-order valence-corrected chi connectivity index (χ3v) is 3.64. The lowest BCUT2D eigenvalue weighted by atomic mass is 9.94. The van der Waals surface area contributed by atoms with Gasteiger partial charge in [0.15, 0.2) is 0 Å². The van der Waals surface area contributed by atoms with E-state index in [9.17, 15) is 0 Å². The maximum absolute atomic E-state index is 5.57. The maximum Gasteiger partial charge on any atom is 0.0645 e. The Bertz CT molecular complexity index is 356. The second-order valence-corrected chi connectivity index (χ2v) is 5.19. The van der Waals surface area contributed by atoms with Gasteiger partial charge < -0.3 is 10.1 Å². The summed E-state index contributed by atoms with van der Waals surface area (Å²) in [6.45, 7) is 7.18. The van der Waals surface area contributed by atoms with Crippen molar-refractivity contribution < 1.29 is 4.74 Å². The molecule has 17 heavy (non-hydrogen) atoms. The predicted molar refractivity (Wildman–Crippen MR) is 71.1 cm³/mol. The third-order valence-electron chi connectivity index (χ3n) is 3.64. The Balaban J connectivity index is 1.96. The first-order valence-corrected chi connectivity index (χ1v) is 6.63. The minimum atomic E-state index is 0.152. The van der Waals surface area contributed by atoms with Gasteiger partial charge in [-0.3, -0.25) is 0 Å². The Labute approximate surface area is 104 Å². The average Bonchev–Trinajstić information content (AvgIpc) is 2.38. The van der Waals surface area contributed by atoms with Crippen molar-refractivity contribution >= 4 is 0 Å². The summed E-state index contributed by atoms with van der Waals surface area (Å²) in [5.74, 6) is 0. The van der Waals surface area contributed by atoms with Gasteiger partial charge in [0.1, 0.15) is 0 Å². The fourth-order valence-corrected chi connectivity index (χ4v) is 2.46. The number of ether oxygens (including phenoxy) is 1. The average molecular weight is 233 g/mol. The van der Waals surface area contributed by atoms with Crippen LogP contribution in [0.15, 0.2) is 24.3 Å². The molecule has 0 saturated carbocycles. The largest absolute Gasteiger partial charge is 0.380 e. The quantitative estimate of drug-likeness (QED) is 0.863. The van der Waals surface area contributed by atoms with Gasteiger partial charge >= 0.3 is 0 Å². The lowest BCUT2D eigenvalue weighted by Gasteiger charge is -2.34. The lowest BCUT2D eigenvalue weighted by Crippen LogP contribution is -2.48. The molecule has 0 radical (unpaired) electrons. The summed E-state index contributed by atoms with van der Waals surface area (Å²) in [5, 5.41) is 3.66. The third kappa shape index (κ3) is 3.30. The van der Waals surface area contributed by atoms with E-state index in [0.717, 1.165) is 26.2 Å². The highest BCUT2D eigenvalue weighted by molar-refractivity contribution is 5.27. The van der Waals surface area contributed by atoms with E-state index < -0.39 is 0 Å². The van der Waals surface area contributed by atoms with Crippen LogP contribution >= 0.6 is 0 Å². The van der Waals surface area contributed by atoms with Crippen molar-refractivity contribution in [1.82, 2.24) is 5.32 Å². The van der Waals surface area contributed by atoms with E-state index in [0.29, 0.717) is 0 Å². The fraction of sp³-hybridized carbons (Fsp3) is 0.600. The van der Waals surface area contributed by atoms with Crippen LogP contribution in [0.4, 0.5) is 0 Å². The molecular weight excluding hydrogens is 210 g/mol. The Hall–Kier alpha value is -0.860. The van der Waals surface area contributed by atoms with Crippen LogP contribution in [0.25, 0.3) is 0 Å². The Morgan fingerprint density at radius 1 is 1.29 bits per heavy atom. The minimum Gasteiger partial charge on any atom is -0.380 e. The number of nitrogens with one attached hydrogen (secondary N) is 1. The highest BCUT2D eigenvalue weighted by Gasteiger charge is 2.26. The summed E-state index contributed by atoms with van der Waals surface area (Å²) in [6, 6.07) is 8.68. The van der Waals surface area contributed by atoms with E-state index >= 15 is 0 Å².